The van der Waals surface area contributed by atoms with Crippen LogP contribution in [0.5, 0.6) is 0 Å². The van der Waals surface area contributed by atoms with Gasteiger partial charge in [-0.2, -0.15) is 0 Å². The lowest BCUT2D eigenvalue weighted by Gasteiger charge is -2.35. The third kappa shape index (κ3) is 2.92. The molecule has 27 heavy (non-hydrogen) atoms. The highest BCUT2D eigenvalue weighted by molar-refractivity contribution is 7.07. The van der Waals surface area contributed by atoms with Gasteiger partial charge in [-0.15, -0.1) is 11.3 Å². The first-order valence-corrected chi connectivity index (χ1v) is 10.2. The molecular weight excluding hydrogens is 360 g/mol. The summed E-state index contributed by atoms with van der Waals surface area (Å²) in [6, 6.07) is 9.84. The molecule has 138 valence electrons. The van der Waals surface area contributed by atoms with E-state index < -0.39 is 0 Å². The van der Waals surface area contributed by atoms with Crippen molar-refractivity contribution in [2.75, 3.05) is 13.1 Å². The average Bonchev–Trinajstić information content (AvgIpc) is 3.27. The van der Waals surface area contributed by atoms with Gasteiger partial charge < -0.3 is 14.8 Å². The van der Waals surface area contributed by atoms with Crippen molar-refractivity contribution < 1.29 is 9.59 Å². The number of rotatable bonds is 3. The van der Waals surface area contributed by atoms with Crippen LogP contribution in [0, 0.1) is 5.92 Å². The number of carbonyl (C=O) groups excluding carboxylic acids is 2. The van der Waals surface area contributed by atoms with Gasteiger partial charge in [-0.1, -0.05) is 18.2 Å². The lowest BCUT2D eigenvalue weighted by molar-refractivity contribution is -0.140. The van der Waals surface area contributed by atoms with Crippen molar-refractivity contribution in [3.63, 3.8) is 0 Å². The standard InChI is InChI=1S/C20H20N4O2S/c25-19-14-5-6-16(24(19)9-15-11-27-12-21-15)10-23(8-14)20(26)18-7-13-3-1-2-4-17(13)22-18/h1-4,7,11-12,14,16,22H,5-6,8-10H2/t14-,16+/m0/s1. The molecule has 2 bridgehead atoms. The summed E-state index contributed by atoms with van der Waals surface area (Å²) in [6.45, 7) is 1.62. The Bertz CT molecular complexity index is 964. The Morgan fingerprint density at radius 1 is 1.26 bits per heavy atom. The molecule has 3 aliphatic heterocycles. The van der Waals surface area contributed by atoms with E-state index >= 15 is 0 Å². The van der Waals surface area contributed by atoms with Crippen molar-refractivity contribution >= 4 is 34.1 Å². The van der Waals surface area contributed by atoms with Gasteiger partial charge in [0.05, 0.1) is 23.7 Å². The van der Waals surface area contributed by atoms with Crippen LogP contribution in [0.2, 0.25) is 0 Å². The fourth-order valence-corrected chi connectivity index (χ4v) is 4.81. The Hall–Kier alpha value is -2.67. The van der Waals surface area contributed by atoms with Crippen LogP contribution in [-0.2, 0) is 11.3 Å². The topological polar surface area (TPSA) is 69.3 Å². The molecule has 2 atom stereocenters. The number of H-pyrrole nitrogens is 1. The first-order valence-electron chi connectivity index (χ1n) is 9.23. The highest BCUT2D eigenvalue weighted by Crippen LogP contribution is 2.31. The number of thiazole rings is 1. The molecule has 3 fully saturated rings. The van der Waals surface area contributed by atoms with Crippen molar-refractivity contribution in [1.82, 2.24) is 19.8 Å². The second-order valence-electron chi connectivity index (χ2n) is 7.35. The van der Waals surface area contributed by atoms with Crippen LogP contribution in [0.4, 0.5) is 0 Å². The number of aromatic nitrogens is 2. The third-order valence-electron chi connectivity index (χ3n) is 5.66. The molecule has 5 heterocycles. The smallest absolute Gasteiger partial charge is 0.270 e. The second-order valence-corrected chi connectivity index (χ2v) is 8.07. The van der Waals surface area contributed by atoms with Crippen LogP contribution in [0.1, 0.15) is 29.0 Å². The number of nitrogens with one attached hydrogen (secondary N) is 1. The fraction of sp³-hybridized carbons (Fsp3) is 0.350. The van der Waals surface area contributed by atoms with E-state index in [1.165, 1.54) is 0 Å². The molecule has 0 aliphatic carbocycles. The summed E-state index contributed by atoms with van der Waals surface area (Å²) >= 11 is 1.54. The Morgan fingerprint density at radius 2 is 2.15 bits per heavy atom. The lowest BCUT2D eigenvalue weighted by Crippen LogP contribution is -2.47. The van der Waals surface area contributed by atoms with Gasteiger partial charge in [0.15, 0.2) is 0 Å². The maximum atomic E-state index is 13.1. The number of nitrogens with zero attached hydrogens (tertiary/aromatic N) is 3. The number of fused-ring (bicyclic) bond motifs is 5. The summed E-state index contributed by atoms with van der Waals surface area (Å²) in [5.74, 6) is 0.0216. The summed E-state index contributed by atoms with van der Waals surface area (Å²) in [5, 5.41) is 3.01. The van der Waals surface area contributed by atoms with Gasteiger partial charge in [0.1, 0.15) is 5.69 Å². The van der Waals surface area contributed by atoms with Crippen LogP contribution in [-0.4, -0.2) is 50.7 Å². The van der Waals surface area contributed by atoms with Gasteiger partial charge in [0.25, 0.3) is 5.91 Å². The molecule has 0 spiro atoms. The number of hydrogen-bond donors (Lipinski definition) is 1. The molecule has 0 radical (unpaired) electrons. The van der Waals surface area contributed by atoms with Gasteiger partial charge in [0, 0.05) is 35.4 Å². The third-order valence-corrected chi connectivity index (χ3v) is 6.29. The van der Waals surface area contributed by atoms with Gasteiger partial charge in [-0.3, -0.25) is 9.59 Å². The van der Waals surface area contributed by atoms with E-state index in [1.807, 2.05) is 45.5 Å². The number of hydrogen-bond acceptors (Lipinski definition) is 4. The minimum atomic E-state index is -0.115. The molecule has 6 nitrogen and oxygen atoms in total. The van der Waals surface area contributed by atoms with Crippen molar-refractivity contribution in [1.29, 1.82) is 0 Å². The number of piperidine rings is 1. The molecule has 0 unspecified atom stereocenters. The van der Waals surface area contributed by atoms with Crippen molar-refractivity contribution in [2.24, 2.45) is 5.92 Å². The zero-order chi connectivity index (χ0) is 18.4. The predicted molar refractivity (Wildman–Crippen MR) is 103 cm³/mol. The van der Waals surface area contributed by atoms with Crippen molar-refractivity contribution in [3.8, 4) is 0 Å². The number of amides is 2. The Kier molecular flexibility index (Phi) is 3.97. The predicted octanol–water partition coefficient (Wildman–Crippen LogP) is 2.89. The molecule has 2 amide bonds. The Morgan fingerprint density at radius 3 is 2.96 bits per heavy atom. The van der Waals surface area contributed by atoms with Gasteiger partial charge in [0.2, 0.25) is 5.91 Å². The van der Waals surface area contributed by atoms with E-state index in [0.29, 0.717) is 25.3 Å². The molecule has 3 aromatic rings. The normalized spacial score (nSPS) is 22.4. The zero-order valence-corrected chi connectivity index (χ0v) is 15.6. The van der Waals surface area contributed by atoms with E-state index in [4.69, 9.17) is 0 Å². The lowest BCUT2D eigenvalue weighted by atomic mass is 9.94. The number of para-hydroxylation sites is 1. The van der Waals surface area contributed by atoms with Gasteiger partial charge >= 0.3 is 0 Å². The largest absolute Gasteiger partial charge is 0.351 e. The van der Waals surface area contributed by atoms with Crippen LogP contribution < -0.4 is 0 Å². The fourth-order valence-electron chi connectivity index (χ4n) is 4.26. The first-order chi connectivity index (χ1) is 13.2. The molecule has 1 aromatic carbocycles. The zero-order valence-electron chi connectivity index (χ0n) is 14.8. The first kappa shape index (κ1) is 16.5. The van der Waals surface area contributed by atoms with Crippen molar-refractivity contribution in [3.05, 3.63) is 52.6 Å². The molecule has 6 rings (SSSR count). The van der Waals surface area contributed by atoms with E-state index in [0.717, 1.165) is 29.4 Å². The minimum absolute atomic E-state index is 0.0218. The molecule has 7 heteroatoms. The van der Waals surface area contributed by atoms with Gasteiger partial charge in [-0.25, -0.2) is 4.98 Å². The molecule has 0 saturated carbocycles. The van der Waals surface area contributed by atoms with Crippen LogP contribution in [0.3, 0.4) is 0 Å². The van der Waals surface area contributed by atoms with E-state index in [-0.39, 0.29) is 23.8 Å². The van der Waals surface area contributed by atoms with E-state index in [2.05, 4.69) is 9.97 Å². The van der Waals surface area contributed by atoms with E-state index in [9.17, 15) is 9.59 Å². The summed E-state index contributed by atoms with van der Waals surface area (Å²) in [4.78, 5) is 37.4. The quantitative estimate of drug-likeness (QED) is 0.760. The number of aromatic amines is 1. The Labute approximate surface area is 160 Å². The summed E-state index contributed by atoms with van der Waals surface area (Å²) in [6.07, 6.45) is 1.80. The van der Waals surface area contributed by atoms with E-state index in [1.54, 1.807) is 16.8 Å². The maximum Gasteiger partial charge on any atom is 0.270 e. The monoisotopic (exact) mass is 380 g/mol. The highest BCUT2D eigenvalue weighted by Gasteiger charge is 2.42. The molecule has 3 saturated heterocycles. The SMILES string of the molecule is O=C(c1cc2ccccc2[nH]1)N1C[C@@H]2CC[C@H](C1)N(Cc1cscn1)C2=O. The van der Waals surface area contributed by atoms with Crippen LogP contribution in [0.25, 0.3) is 10.9 Å². The minimum Gasteiger partial charge on any atom is -0.351 e. The van der Waals surface area contributed by atoms with Crippen LogP contribution >= 0.6 is 11.3 Å². The molecule has 2 aromatic heterocycles. The van der Waals surface area contributed by atoms with Crippen molar-refractivity contribution in [2.45, 2.75) is 25.4 Å². The summed E-state index contributed by atoms with van der Waals surface area (Å²) in [7, 11) is 0. The van der Waals surface area contributed by atoms with Crippen LogP contribution in [0.15, 0.2) is 41.2 Å². The maximum absolute atomic E-state index is 13.1. The molecule has 3 aliphatic rings. The Balaban J connectivity index is 1.40. The number of benzene rings is 1. The van der Waals surface area contributed by atoms with Gasteiger partial charge in [-0.05, 0) is 25.0 Å². The second kappa shape index (κ2) is 6.49. The number of carbonyl (C=O) groups is 2. The average molecular weight is 380 g/mol. The summed E-state index contributed by atoms with van der Waals surface area (Å²) < 4.78 is 0. The molecular formula is C20H20N4O2S. The highest BCUT2D eigenvalue weighted by atomic mass is 32.1. The summed E-state index contributed by atoms with van der Waals surface area (Å²) in [5.41, 5.74) is 4.27. The molecule has 1 N–H and O–H groups in total.